The number of nitrogens with one attached hydrogen (secondary N) is 1. The summed E-state index contributed by atoms with van der Waals surface area (Å²) < 4.78 is 0. The molecule has 1 aliphatic rings. The second kappa shape index (κ2) is 5.29. The van der Waals surface area contributed by atoms with Crippen molar-refractivity contribution in [2.45, 2.75) is 25.3 Å². The Labute approximate surface area is 91.9 Å². The molecule has 82 valence electrons. The van der Waals surface area contributed by atoms with E-state index in [0.29, 0.717) is 6.04 Å². The molecule has 2 heteroatoms. The normalized spacial score (nSPS) is 24.9. The molecule has 1 aromatic carbocycles. The first-order valence-electron chi connectivity index (χ1n) is 5.85. The summed E-state index contributed by atoms with van der Waals surface area (Å²) in [5.74, 6) is 0.829. The van der Waals surface area contributed by atoms with Gasteiger partial charge in [-0.2, -0.15) is 0 Å². The maximum atomic E-state index is 5.74. The van der Waals surface area contributed by atoms with Crippen molar-refractivity contribution in [3.63, 3.8) is 0 Å². The van der Waals surface area contributed by atoms with E-state index in [9.17, 15) is 0 Å². The molecule has 1 aromatic rings. The summed E-state index contributed by atoms with van der Waals surface area (Å²) in [6.07, 6.45) is 3.54. The first-order valence-corrected chi connectivity index (χ1v) is 5.85. The number of hydrogen-bond acceptors (Lipinski definition) is 2. The zero-order valence-corrected chi connectivity index (χ0v) is 9.15. The van der Waals surface area contributed by atoms with Crippen LogP contribution < -0.4 is 11.1 Å². The van der Waals surface area contributed by atoms with Crippen molar-refractivity contribution in [1.29, 1.82) is 0 Å². The summed E-state index contributed by atoms with van der Waals surface area (Å²) in [6.45, 7) is 2.22. The van der Waals surface area contributed by atoms with Crippen LogP contribution >= 0.6 is 0 Å². The van der Waals surface area contributed by atoms with Gasteiger partial charge in [0.25, 0.3) is 0 Å². The van der Waals surface area contributed by atoms with Crippen LogP contribution in [0, 0.1) is 5.92 Å². The fourth-order valence-corrected chi connectivity index (χ4v) is 2.14. The summed E-state index contributed by atoms with van der Waals surface area (Å²) in [4.78, 5) is 0. The van der Waals surface area contributed by atoms with E-state index >= 15 is 0 Å². The second-order valence-corrected chi connectivity index (χ2v) is 4.54. The van der Waals surface area contributed by atoms with Crippen molar-refractivity contribution in [2.24, 2.45) is 11.7 Å². The summed E-state index contributed by atoms with van der Waals surface area (Å²) >= 11 is 0. The molecule has 1 fully saturated rings. The predicted octanol–water partition coefficient (Wildman–Crippen LogP) is 1.56. The van der Waals surface area contributed by atoms with Gasteiger partial charge >= 0.3 is 0 Å². The highest BCUT2D eigenvalue weighted by atomic mass is 14.9. The van der Waals surface area contributed by atoms with E-state index in [0.717, 1.165) is 25.4 Å². The monoisotopic (exact) mass is 204 g/mol. The second-order valence-electron chi connectivity index (χ2n) is 4.54. The lowest BCUT2D eigenvalue weighted by atomic mass is 9.81. The molecule has 1 saturated carbocycles. The quantitative estimate of drug-likeness (QED) is 0.714. The number of nitrogens with two attached hydrogens (primary N) is 1. The molecule has 0 heterocycles. The molecule has 0 radical (unpaired) electrons. The van der Waals surface area contributed by atoms with Crippen LogP contribution in [0.15, 0.2) is 30.3 Å². The zero-order chi connectivity index (χ0) is 10.5. The van der Waals surface area contributed by atoms with Crippen molar-refractivity contribution < 1.29 is 0 Å². The molecule has 15 heavy (non-hydrogen) atoms. The van der Waals surface area contributed by atoms with Crippen molar-refractivity contribution in [2.75, 3.05) is 13.1 Å². The van der Waals surface area contributed by atoms with E-state index in [1.807, 2.05) is 0 Å². The molecule has 3 N–H and O–H groups in total. The molecule has 0 spiro atoms. The van der Waals surface area contributed by atoms with E-state index in [1.54, 1.807) is 0 Å². The Bertz CT molecular complexity index is 278. The lowest BCUT2D eigenvalue weighted by Gasteiger charge is -2.32. The summed E-state index contributed by atoms with van der Waals surface area (Å²) in [6, 6.07) is 11.1. The fourth-order valence-electron chi connectivity index (χ4n) is 2.14. The van der Waals surface area contributed by atoms with Crippen LogP contribution in [0.4, 0.5) is 0 Å². The number of rotatable bonds is 5. The van der Waals surface area contributed by atoms with Gasteiger partial charge in [0.1, 0.15) is 0 Å². The standard InChI is InChI=1S/C13H20N2/c14-13-8-12(9-13)10-15-7-6-11-4-2-1-3-5-11/h1-5,12-13,15H,6-10,14H2. The van der Waals surface area contributed by atoms with E-state index in [4.69, 9.17) is 5.73 Å². The molecule has 2 nitrogen and oxygen atoms in total. The van der Waals surface area contributed by atoms with Crippen LogP contribution in [0.3, 0.4) is 0 Å². The maximum Gasteiger partial charge on any atom is 0.00450 e. The minimum atomic E-state index is 0.478. The van der Waals surface area contributed by atoms with Crippen molar-refractivity contribution in [3.05, 3.63) is 35.9 Å². The van der Waals surface area contributed by atoms with E-state index < -0.39 is 0 Å². The van der Waals surface area contributed by atoms with Gasteiger partial charge in [-0.1, -0.05) is 30.3 Å². The SMILES string of the molecule is NC1CC(CNCCc2ccccc2)C1. The Balaban J connectivity index is 1.56. The summed E-state index contributed by atoms with van der Waals surface area (Å²) in [7, 11) is 0. The van der Waals surface area contributed by atoms with Gasteiger partial charge in [-0.05, 0) is 43.8 Å². The molecule has 0 bridgehead atoms. The predicted molar refractivity (Wildman–Crippen MR) is 63.7 cm³/mol. The average molecular weight is 204 g/mol. The van der Waals surface area contributed by atoms with Crippen LogP contribution in [-0.2, 0) is 6.42 Å². The molecular formula is C13H20N2. The Morgan fingerprint density at radius 1 is 1.20 bits per heavy atom. The van der Waals surface area contributed by atoms with Gasteiger partial charge in [0.15, 0.2) is 0 Å². The van der Waals surface area contributed by atoms with Gasteiger partial charge in [0.2, 0.25) is 0 Å². The van der Waals surface area contributed by atoms with Gasteiger partial charge in [-0.15, -0.1) is 0 Å². The van der Waals surface area contributed by atoms with Gasteiger partial charge in [-0.3, -0.25) is 0 Å². The lowest BCUT2D eigenvalue weighted by Crippen LogP contribution is -2.41. The third-order valence-corrected chi connectivity index (χ3v) is 3.14. The molecule has 0 amide bonds. The molecule has 0 aromatic heterocycles. The van der Waals surface area contributed by atoms with Crippen LogP contribution in [0.1, 0.15) is 18.4 Å². The number of hydrogen-bond donors (Lipinski definition) is 2. The number of benzene rings is 1. The topological polar surface area (TPSA) is 38.0 Å². The fraction of sp³-hybridized carbons (Fsp3) is 0.538. The molecule has 0 saturated heterocycles. The molecule has 0 aliphatic heterocycles. The minimum absolute atomic E-state index is 0.478. The molecule has 1 aliphatic carbocycles. The highest BCUT2D eigenvalue weighted by molar-refractivity contribution is 5.14. The van der Waals surface area contributed by atoms with Crippen molar-refractivity contribution in [1.82, 2.24) is 5.32 Å². The first-order chi connectivity index (χ1) is 7.34. The Morgan fingerprint density at radius 3 is 2.60 bits per heavy atom. The van der Waals surface area contributed by atoms with Crippen LogP contribution in [-0.4, -0.2) is 19.1 Å². The molecular weight excluding hydrogens is 184 g/mol. The van der Waals surface area contributed by atoms with Crippen LogP contribution in [0.25, 0.3) is 0 Å². The van der Waals surface area contributed by atoms with Gasteiger partial charge < -0.3 is 11.1 Å². The molecule has 0 atom stereocenters. The summed E-state index contributed by atoms with van der Waals surface area (Å²) in [5, 5.41) is 3.50. The van der Waals surface area contributed by atoms with Gasteiger partial charge in [0.05, 0.1) is 0 Å². The Morgan fingerprint density at radius 2 is 1.93 bits per heavy atom. The van der Waals surface area contributed by atoms with E-state index in [-0.39, 0.29) is 0 Å². The van der Waals surface area contributed by atoms with Crippen LogP contribution in [0.2, 0.25) is 0 Å². The summed E-state index contributed by atoms with van der Waals surface area (Å²) in [5.41, 5.74) is 7.15. The van der Waals surface area contributed by atoms with Gasteiger partial charge in [-0.25, -0.2) is 0 Å². The first kappa shape index (κ1) is 10.7. The van der Waals surface area contributed by atoms with Crippen LogP contribution in [0.5, 0.6) is 0 Å². The third kappa shape index (κ3) is 3.33. The van der Waals surface area contributed by atoms with E-state index in [2.05, 4.69) is 35.6 Å². The Kier molecular flexibility index (Phi) is 3.75. The molecule has 0 unspecified atom stereocenters. The minimum Gasteiger partial charge on any atom is -0.328 e. The molecule has 2 rings (SSSR count). The smallest absolute Gasteiger partial charge is 0.00450 e. The van der Waals surface area contributed by atoms with Crippen molar-refractivity contribution in [3.8, 4) is 0 Å². The van der Waals surface area contributed by atoms with Crippen molar-refractivity contribution >= 4 is 0 Å². The highest BCUT2D eigenvalue weighted by Gasteiger charge is 2.24. The largest absolute Gasteiger partial charge is 0.328 e. The maximum absolute atomic E-state index is 5.74. The van der Waals surface area contributed by atoms with Gasteiger partial charge in [0, 0.05) is 6.04 Å². The Hall–Kier alpha value is -0.860. The lowest BCUT2D eigenvalue weighted by molar-refractivity contribution is 0.257. The average Bonchev–Trinajstić information content (AvgIpc) is 2.23. The highest BCUT2D eigenvalue weighted by Crippen LogP contribution is 2.24. The zero-order valence-electron chi connectivity index (χ0n) is 9.15. The third-order valence-electron chi connectivity index (χ3n) is 3.14. The van der Waals surface area contributed by atoms with E-state index in [1.165, 1.54) is 18.4 Å².